The van der Waals surface area contributed by atoms with Crippen molar-refractivity contribution in [1.82, 2.24) is 10.6 Å². The largest absolute Gasteiger partial charge is 0.377 e. The second-order valence-corrected chi connectivity index (χ2v) is 5.19. The molecule has 2 rings (SSSR count). The van der Waals surface area contributed by atoms with Crippen LogP contribution in [0.2, 0.25) is 0 Å². The average molecular weight is 313 g/mol. The summed E-state index contributed by atoms with van der Waals surface area (Å²) in [7, 11) is 0. The van der Waals surface area contributed by atoms with Gasteiger partial charge in [-0.3, -0.25) is 4.79 Å². The second kappa shape index (κ2) is 9.77. The molecule has 1 saturated heterocycles. The Bertz CT molecular complexity index is 434. The highest BCUT2D eigenvalue weighted by atomic mass is 35.5. The Balaban J connectivity index is 0.00000220. The third-order valence-corrected chi connectivity index (χ3v) is 3.55. The minimum absolute atomic E-state index is 0. The van der Waals surface area contributed by atoms with Crippen LogP contribution in [0.25, 0.3) is 0 Å². The van der Waals surface area contributed by atoms with Gasteiger partial charge in [-0.2, -0.15) is 0 Å². The molecule has 1 fully saturated rings. The predicted molar refractivity (Wildman–Crippen MR) is 86.5 cm³/mol. The fourth-order valence-corrected chi connectivity index (χ4v) is 2.41. The van der Waals surface area contributed by atoms with E-state index >= 15 is 0 Å². The van der Waals surface area contributed by atoms with Gasteiger partial charge in [0.05, 0.1) is 12.6 Å². The molecule has 1 heterocycles. The fraction of sp³-hybridized carbons (Fsp3) is 0.562. The van der Waals surface area contributed by atoms with E-state index < -0.39 is 0 Å². The van der Waals surface area contributed by atoms with Gasteiger partial charge in [-0.1, -0.05) is 31.2 Å². The van der Waals surface area contributed by atoms with Gasteiger partial charge in [-0.05, 0) is 36.9 Å². The lowest BCUT2D eigenvalue weighted by molar-refractivity contribution is -0.122. The number of nitrogens with one attached hydrogen (secondary N) is 2. The Morgan fingerprint density at radius 2 is 2.14 bits per heavy atom. The number of hydrogen-bond acceptors (Lipinski definition) is 3. The number of benzene rings is 1. The zero-order valence-corrected chi connectivity index (χ0v) is 13.4. The molecule has 0 saturated carbocycles. The monoisotopic (exact) mass is 312 g/mol. The lowest BCUT2D eigenvalue weighted by atomic mass is 10.1. The minimum Gasteiger partial charge on any atom is -0.377 e. The second-order valence-electron chi connectivity index (χ2n) is 5.19. The first-order valence-corrected chi connectivity index (χ1v) is 7.47. The van der Waals surface area contributed by atoms with Gasteiger partial charge in [0, 0.05) is 13.2 Å². The van der Waals surface area contributed by atoms with E-state index in [-0.39, 0.29) is 24.4 Å². The topological polar surface area (TPSA) is 50.4 Å². The molecule has 5 heteroatoms. The van der Waals surface area contributed by atoms with Crippen LogP contribution in [0.15, 0.2) is 24.3 Å². The van der Waals surface area contributed by atoms with Crippen LogP contribution in [-0.4, -0.2) is 25.1 Å². The van der Waals surface area contributed by atoms with Gasteiger partial charge in [0.2, 0.25) is 5.91 Å². The summed E-state index contributed by atoms with van der Waals surface area (Å²) >= 11 is 0. The highest BCUT2D eigenvalue weighted by molar-refractivity contribution is 5.85. The SMILES string of the molecule is CCCOCc1ccccc1CNC(=O)C1CCCN1.Cl. The first kappa shape index (κ1) is 18.0. The molecule has 118 valence electrons. The number of rotatable bonds is 7. The highest BCUT2D eigenvalue weighted by Gasteiger charge is 2.21. The number of halogens is 1. The molecular weight excluding hydrogens is 288 g/mol. The molecular formula is C16H25ClN2O2. The van der Waals surface area contributed by atoms with E-state index in [4.69, 9.17) is 4.74 Å². The molecule has 0 bridgehead atoms. The molecule has 1 aliphatic heterocycles. The number of hydrogen-bond donors (Lipinski definition) is 2. The van der Waals surface area contributed by atoms with Gasteiger partial charge in [0.1, 0.15) is 0 Å². The van der Waals surface area contributed by atoms with Gasteiger partial charge < -0.3 is 15.4 Å². The summed E-state index contributed by atoms with van der Waals surface area (Å²) in [5.74, 6) is 0.103. The first-order valence-electron chi connectivity index (χ1n) is 7.47. The summed E-state index contributed by atoms with van der Waals surface area (Å²) in [6.07, 6.45) is 3.04. The number of carbonyl (C=O) groups is 1. The van der Waals surface area contributed by atoms with Crippen molar-refractivity contribution in [2.75, 3.05) is 13.2 Å². The van der Waals surface area contributed by atoms with Crippen LogP contribution < -0.4 is 10.6 Å². The minimum atomic E-state index is -0.0153. The van der Waals surface area contributed by atoms with Crippen LogP contribution >= 0.6 is 12.4 Å². The van der Waals surface area contributed by atoms with Crippen molar-refractivity contribution in [3.8, 4) is 0 Å². The van der Waals surface area contributed by atoms with E-state index in [1.54, 1.807) is 0 Å². The molecule has 2 N–H and O–H groups in total. The van der Waals surface area contributed by atoms with Crippen LogP contribution in [0.5, 0.6) is 0 Å². The van der Waals surface area contributed by atoms with Gasteiger partial charge in [0.15, 0.2) is 0 Å². The molecule has 1 aromatic rings. The summed E-state index contributed by atoms with van der Waals surface area (Å²) in [5, 5.41) is 6.23. The number of carbonyl (C=O) groups excluding carboxylic acids is 1. The van der Waals surface area contributed by atoms with Gasteiger partial charge in [0.25, 0.3) is 0 Å². The first-order chi connectivity index (χ1) is 9.81. The van der Waals surface area contributed by atoms with Crippen LogP contribution in [-0.2, 0) is 22.7 Å². The molecule has 1 unspecified atom stereocenters. The van der Waals surface area contributed by atoms with Crippen molar-refractivity contribution < 1.29 is 9.53 Å². The van der Waals surface area contributed by atoms with E-state index in [2.05, 4.69) is 23.6 Å². The Morgan fingerprint density at radius 1 is 1.38 bits per heavy atom. The molecule has 4 nitrogen and oxygen atoms in total. The van der Waals surface area contributed by atoms with E-state index in [0.717, 1.165) is 43.5 Å². The molecule has 0 radical (unpaired) electrons. The predicted octanol–water partition coefficient (Wildman–Crippen LogP) is 2.40. The lowest BCUT2D eigenvalue weighted by Crippen LogP contribution is -2.40. The summed E-state index contributed by atoms with van der Waals surface area (Å²) in [6, 6.07) is 8.10. The molecule has 1 aromatic carbocycles. The van der Waals surface area contributed by atoms with Crippen molar-refractivity contribution in [3.05, 3.63) is 35.4 Å². The highest BCUT2D eigenvalue weighted by Crippen LogP contribution is 2.11. The average Bonchev–Trinajstić information content (AvgIpc) is 3.00. The molecule has 1 aliphatic rings. The van der Waals surface area contributed by atoms with Crippen LogP contribution in [0, 0.1) is 0 Å². The normalized spacial score (nSPS) is 17.3. The molecule has 0 aliphatic carbocycles. The molecule has 21 heavy (non-hydrogen) atoms. The van der Waals surface area contributed by atoms with Crippen LogP contribution in [0.4, 0.5) is 0 Å². The van der Waals surface area contributed by atoms with Crippen molar-refractivity contribution >= 4 is 18.3 Å². The summed E-state index contributed by atoms with van der Waals surface area (Å²) in [6.45, 7) is 5.00. The van der Waals surface area contributed by atoms with E-state index in [0.29, 0.717) is 13.2 Å². The summed E-state index contributed by atoms with van der Waals surface area (Å²) in [5.41, 5.74) is 2.29. The number of ether oxygens (including phenoxy) is 1. The van der Waals surface area contributed by atoms with Crippen LogP contribution in [0.1, 0.15) is 37.3 Å². The Labute approximate surface area is 133 Å². The smallest absolute Gasteiger partial charge is 0.237 e. The molecule has 1 amide bonds. The fourth-order valence-electron chi connectivity index (χ4n) is 2.41. The summed E-state index contributed by atoms with van der Waals surface area (Å²) in [4.78, 5) is 12.0. The third-order valence-electron chi connectivity index (χ3n) is 3.55. The quantitative estimate of drug-likeness (QED) is 0.760. The molecule has 0 aromatic heterocycles. The zero-order chi connectivity index (χ0) is 14.2. The number of amides is 1. The van der Waals surface area contributed by atoms with E-state index in [1.165, 1.54) is 0 Å². The Kier molecular flexibility index (Phi) is 8.35. The van der Waals surface area contributed by atoms with E-state index in [1.807, 2.05) is 18.2 Å². The van der Waals surface area contributed by atoms with E-state index in [9.17, 15) is 4.79 Å². The standard InChI is InChI=1S/C16H24N2O2.ClH/c1-2-10-20-12-14-7-4-3-6-13(14)11-18-16(19)15-8-5-9-17-15;/h3-4,6-7,15,17H,2,5,8-12H2,1H3,(H,18,19);1H. The zero-order valence-electron chi connectivity index (χ0n) is 12.6. The molecule has 1 atom stereocenters. The van der Waals surface area contributed by atoms with Gasteiger partial charge in [-0.25, -0.2) is 0 Å². The third kappa shape index (κ3) is 5.65. The van der Waals surface area contributed by atoms with Crippen molar-refractivity contribution in [2.24, 2.45) is 0 Å². The van der Waals surface area contributed by atoms with Gasteiger partial charge in [-0.15, -0.1) is 12.4 Å². The van der Waals surface area contributed by atoms with Crippen LogP contribution in [0.3, 0.4) is 0 Å². The lowest BCUT2D eigenvalue weighted by Gasteiger charge is -2.13. The van der Waals surface area contributed by atoms with Crippen molar-refractivity contribution in [2.45, 2.75) is 45.4 Å². The van der Waals surface area contributed by atoms with Crippen molar-refractivity contribution in [3.63, 3.8) is 0 Å². The van der Waals surface area contributed by atoms with Gasteiger partial charge >= 0.3 is 0 Å². The maximum atomic E-state index is 12.0. The molecule has 0 spiro atoms. The Hall–Kier alpha value is -1.10. The van der Waals surface area contributed by atoms with Crippen molar-refractivity contribution in [1.29, 1.82) is 0 Å². The maximum Gasteiger partial charge on any atom is 0.237 e. The maximum absolute atomic E-state index is 12.0. The summed E-state index contributed by atoms with van der Waals surface area (Å²) < 4.78 is 5.59. The Morgan fingerprint density at radius 3 is 2.81 bits per heavy atom.